The number of benzene rings is 2. The quantitative estimate of drug-likeness (QED) is 0.417. The number of nitrogens with one attached hydrogen (secondary N) is 2. The second kappa shape index (κ2) is 8.90. The molecule has 146 valence electrons. The standard InChI is InChI=1S/C20H22N4O4/c21-18(22)15-9-6-10-16(13-15)27-17(14-7-2-1-3-8-14)19(25)23-28-20(26)24-11-4-5-12-24/h1-3,6-10,13,17H,4-5,11-12H2,(H3,21,22)(H,23,25). The molecule has 2 aromatic carbocycles. The maximum absolute atomic E-state index is 12.7. The molecule has 1 heterocycles. The van der Waals surface area contributed by atoms with Crippen molar-refractivity contribution in [2.24, 2.45) is 5.73 Å². The predicted molar refractivity (Wildman–Crippen MR) is 103 cm³/mol. The van der Waals surface area contributed by atoms with Gasteiger partial charge in [0.15, 0.2) is 0 Å². The van der Waals surface area contributed by atoms with Crippen LogP contribution in [0.5, 0.6) is 5.75 Å². The van der Waals surface area contributed by atoms with Crippen LogP contribution in [-0.4, -0.2) is 35.8 Å². The number of likely N-dealkylation sites (tertiary alicyclic amines) is 1. The van der Waals surface area contributed by atoms with Crippen LogP contribution in [0.25, 0.3) is 0 Å². The summed E-state index contributed by atoms with van der Waals surface area (Å²) in [5.41, 5.74) is 8.77. The SMILES string of the molecule is N=C(N)c1cccc(OC(C(=O)NOC(=O)N2CCCC2)c2ccccc2)c1. The summed E-state index contributed by atoms with van der Waals surface area (Å²) in [6.07, 6.45) is 0.211. The summed E-state index contributed by atoms with van der Waals surface area (Å²) in [6.45, 7) is 1.23. The minimum absolute atomic E-state index is 0.106. The van der Waals surface area contributed by atoms with Crippen LogP contribution >= 0.6 is 0 Å². The first kappa shape index (κ1) is 19.2. The first-order valence-corrected chi connectivity index (χ1v) is 8.96. The maximum atomic E-state index is 12.7. The lowest BCUT2D eigenvalue weighted by atomic mass is 10.1. The van der Waals surface area contributed by atoms with Gasteiger partial charge >= 0.3 is 6.09 Å². The zero-order valence-electron chi connectivity index (χ0n) is 15.3. The molecule has 0 saturated carbocycles. The number of ether oxygens (including phenoxy) is 1. The molecule has 0 aromatic heterocycles. The lowest BCUT2D eigenvalue weighted by molar-refractivity contribution is -0.137. The van der Waals surface area contributed by atoms with Gasteiger partial charge in [0.05, 0.1) is 0 Å². The Morgan fingerprint density at radius 2 is 1.79 bits per heavy atom. The molecule has 1 saturated heterocycles. The van der Waals surface area contributed by atoms with E-state index in [1.165, 1.54) is 4.90 Å². The number of hydroxylamine groups is 1. The largest absolute Gasteiger partial charge is 0.476 e. The molecule has 8 heteroatoms. The summed E-state index contributed by atoms with van der Waals surface area (Å²) in [5.74, 6) is -0.361. The van der Waals surface area contributed by atoms with Crippen LogP contribution in [0.4, 0.5) is 4.79 Å². The van der Waals surface area contributed by atoms with Gasteiger partial charge in [-0.05, 0) is 25.0 Å². The normalized spacial score (nSPS) is 14.2. The number of amides is 2. The number of hydrogen-bond acceptors (Lipinski definition) is 5. The molecule has 0 radical (unpaired) electrons. The van der Waals surface area contributed by atoms with Gasteiger partial charge in [0.2, 0.25) is 6.10 Å². The van der Waals surface area contributed by atoms with Crippen molar-refractivity contribution in [1.82, 2.24) is 10.4 Å². The second-order valence-corrected chi connectivity index (χ2v) is 6.38. The van der Waals surface area contributed by atoms with Crippen LogP contribution in [0.1, 0.15) is 30.1 Å². The molecule has 1 aliphatic rings. The number of amidine groups is 1. The molecule has 1 aliphatic heterocycles. The van der Waals surface area contributed by atoms with E-state index in [2.05, 4.69) is 5.48 Å². The molecule has 1 fully saturated rings. The van der Waals surface area contributed by atoms with Gasteiger partial charge in [0.25, 0.3) is 5.91 Å². The number of nitrogen functional groups attached to an aromatic ring is 1. The van der Waals surface area contributed by atoms with E-state index in [-0.39, 0.29) is 5.84 Å². The first-order chi connectivity index (χ1) is 13.5. The molecule has 2 amide bonds. The number of nitrogens with zero attached hydrogens (tertiary/aromatic N) is 1. The molecule has 0 spiro atoms. The predicted octanol–water partition coefficient (Wildman–Crippen LogP) is 2.35. The van der Waals surface area contributed by atoms with Gasteiger partial charge in [0.1, 0.15) is 11.6 Å². The van der Waals surface area contributed by atoms with Gasteiger partial charge < -0.3 is 20.2 Å². The molecule has 28 heavy (non-hydrogen) atoms. The van der Waals surface area contributed by atoms with E-state index in [0.29, 0.717) is 30.0 Å². The third-order valence-electron chi connectivity index (χ3n) is 4.34. The summed E-state index contributed by atoms with van der Waals surface area (Å²) in [7, 11) is 0. The Bertz CT molecular complexity index is 850. The zero-order chi connectivity index (χ0) is 19.9. The Morgan fingerprint density at radius 3 is 2.46 bits per heavy atom. The molecule has 1 unspecified atom stereocenters. The van der Waals surface area contributed by atoms with E-state index in [1.807, 2.05) is 6.07 Å². The average molecular weight is 382 g/mol. The number of carbonyl (C=O) groups excluding carboxylic acids is 2. The molecular weight excluding hydrogens is 360 g/mol. The van der Waals surface area contributed by atoms with E-state index in [1.54, 1.807) is 48.5 Å². The summed E-state index contributed by atoms with van der Waals surface area (Å²) >= 11 is 0. The molecule has 1 atom stereocenters. The van der Waals surface area contributed by atoms with Crippen LogP contribution in [0.15, 0.2) is 54.6 Å². The zero-order valence-corrected chi connectivity index (χ0v) is 15.3. The fraction of sp³-hybridized carbons (Fsp3) is 0.250. The van der Waals surface area contributed by atoms with Crippen molar-refractivity contribution in [3.8, 4) is 5.75 Å². The Balaban J connectivity index is 1.73. The summed E-state index contributed by atoms with van der Waals surface area (Å²) in [4.78, 5) is 31.2. The van der Waals surface area contributed by atoms with Crippen LogP contribution in [0.3, 0.4) is 0 Å². The van der Waals surface area contributed by atoms with Crippen molar-refractivity contribution < 1.29 is 19.2 Å². The number of hydrogen-bond donors (Lipinski definition) is 3. The van der Waals surface area contributed by atoms with Gasteiger partial charge in [-0.25, -0.2) is 4.79 Å². The molecular formula is C20H22N4O4. The fourth-order valence-electron chi connectivity index (χ4n) is 2.89. The van der Waals surface area contributed by atoms with Crippen molar-refractivity contribution in [3.05, 3.63) is 65.7 Å². The maximum Gasteiger partial charge on any atom is 0.434 e. The topological polar surface area (TPSA) is 118 Å². The first-order valence-electron chi connectivity index (χ1n) is 8.96. The highest BCUT2D eigenvalue weighted by Gasteiger charge is 2.26. The third-order valence-corrected chi connectivity index (χ3v) is 4.34. The van der Waals surface area contributed by atoms with Crippen molar-refractivity contribution in [2.75, 3.05) is 13.1 Å². The molecule has 8 nitrogen and oxygen atoms in total. The van der Waals surface area contributed by atoms with Crippen molar-refractivity contribution in [1.29, 1.82) is 5.41 Å². The average Bonchev–Trinajstić information content (AvgIpc) is 3.26. The van der Waals surface area contributed by atoms with Crippen LogP contribution in [0.2, 0.25) is 0 Å². The third kappa shape index (κ3) is 4.79. The Kier molecular flexibility index (Phi) is 6.11. The molecule has 3 rings (SSSR count). The van der Waals surface area contributed by atoms with Crippen LogP contribution in [-0.2, 0) is 9.63 Å². The van der Waals surface area contributed by atoms with E-state index in [0.717, 1.165) is 12.8 Å². The van der Waals surface area contributed by atoms with Crippen molar-refractivity contribution in [2.45, 2.75) is 18.9 Å². The van der Waals surface area contributed by atoms with Gasteiger partial charge in [0, 0.05) is 24.2 Å². The van der Waals surface area contributed by atoms with E-state index in [4.69, 9.17) is 20.7 Å². The molecule has 0 aliphatic carbocycles. The Morgan fingerprint density at radius 1 is 1.07 bits per heavy atom. The summed E-state index contributed by atoms with van der Waals surface area (Å²) in [5, 5.41) is 7.54. The van der Waals surface area contributed by atoms with E-state index < -0.39 is 18.1 Å². The minimum atomic E-state index is -1.05. The monoisotopic (exact) mass is 382 g/mol. The molecule has 0 bridgehead atoms. The number of nitrogens with two attached hydrogens (primary N) is 1. The van der Waals surface area contributed by atoms with E-state index >= 15 is 0 Å². The highest BCUT2D eigenvalue weighted by atomic mass is 16.7. The van der Waals surface area contributed by atoms with Crippen molar-refractivity contribution in [3.63, 3.8) is 0 Å². The van der Waals surface area contributed by atoms with E-state index in [9.17, 15) is 9.59 Å². The highest BCUT2D eigenvalue weighted by molar-refractivity contribution is 5.95. The van der Waals surface area contributed by atoms with Gasteiger partial charge in [-0.15, -0.1) is 0 Å². The Labute approximate surface area is 162 Å². The van der Waals surface area contributed by atoms with Crippen molar-refractivity contribution >= 4 is 17.8 Å². The lowest BCUT2D eigenvalue weighted by Gasteiger charge is -2.20. The lowest BCUT2D eigenvalue weighted by Crippen LogP contribution is -2.38. The minimum Gasteiger partial charge on any atom is -0.476 e. The number of carbonyl (C=O) groups is 2. The Hall–Kier alpha value is -3.55. The van der Waals surface area contributed by atoms with Crippen LogP contribution < -0.4 is 16.0 Å². The summed E-state index contributed by atoms with van der Waals surface area (Å²) < 4.78 is 5.84. The smallest absolute Gasteiger partial charge is 0.434 e. The molecule has 4 N–H and O–H groups in total. The van der Waals surface area contributed by atoms with Crippen LogP contribution in [0, 0.1) is 5.41 Å². The summed E-state index contributed by atoms with van der Waals surface area (Å²) in [6, 6.07) is 15.4. The van der Waals surface area contributed by atoms with Gasteiger partial charge in [-0.1, -0.05) is 42.5 Å². The van der Waals surface area contributed by atoms with Gasteiger partial charge in [-0.2, -0.15) is 5.48 Å². The fourth-order valence-corrected chi connectivity index (χ4v) is 2.89. The molecule has 2 aromatic rings. The second-order valence-electron chi connectivity index (χ2n) is 6.38. The number of rotatable bonds is 5. The highest BCUT2D eigenvalue weighted by Crippen LogP contribution is 2.23. The van der Waals surface area contributed by atoms with Gasteiger partial charge in [-0.3, -0.25) is 10.2 Å².